The van der Waals surface area contributed by atoms with Crippen LogP contribution in [0.4, 0.5) is 5.69 Å². The highest BCUT2D eigenvalue weighted by Crippen LogP contribution is 2.24. The van der Waals surface area contributed by atoms with E-state index in [4.69, 9.17) is 10.00 Å². The first-order valence-corrected chi connectivity index (χ1v) is 8.93. The number of nitrogens with zero attached hydrogens (tertiary/aromatic N) is 3. The molecule has 0 amide bonds. The number of carbonyl (C=O) groups excluding carboxylic acids is 1. The maximum atomic E-state index is 12.2. The monoisotopic (exact) mass is 359 g/mol. The van der Waals surface area contributed by atoms with E-state index in [2.05, 4.69) is 29.0 Å². The van der Waals surface area contributed by atoms with Crippen molar-refractivity contribution in [3.8, 4) is 6.07 Å². The summed E-state index contributed by atoms with van der Waals surface area (Å²) in [5.74, 6) is -0.115. The van der Waals surface area contributed by atoms with E-state index in [1.165, 1.54) is 0 Å². The molecule has 0 atom stereocenters. The third-order valence-corrected chi connectivity index (χ3v) is 4.43. The van der Waals surface area contributed by atoms with E-state index in [1.807, 2.05) is 49.4 Å². The van der Waals surface area contributed by atoms with Crippen LogP contribution < -0.4 is 4.90 Å². The highest BCUT2D eigenvalue weighted by Gasteiger charge is 2.24. The van der Waals surface area contributed by atoms with Gasteiger partial charge in [-0.05, 0) is 55.3 Å². The summed E-state index contributed by atoms with van der Waals surface area (Å²) in [5.41, 5.74) is 4.08. The molecular formula is C22H21N3O2. The summed E-state index contributed by atoms with van der Waals surface area (Å²) in [4.78, 5) is 18.7. The van der Waals surface area contributed by atoms with Gasteiger partial charge in [0.15, 0.2) is 5.70 Å². The number of hydrogen-bond acceptors (Lipinski definition) is 5. The minimum absolute atomic E-state index is 0.293. The molecule has 136 valence electrons. The smallest absolute Gasteiger partial charge is 0.363 e. The fourth-order valence-electron chi connectivity index (χ4n) is 2.93. The number of aryl methyl sites for hydroxylation is 1. The van der Waals surface area contributed by atoms with Crippen LogP contribution in [0.25, 0.3) is 6.08 Å². The summed E-state index contributed by atoms with van der Waals surface area (Å²) < 4.78 is 5.30. The number of aliphatic imine (C=N–C) groups is 1. The van der Waals surface area contributed by atoms with E-state index >= 15 is 0 Å². The second-order valence-corrected chi connectivity index (χ2v) is 6.23. The normalized spacial score (nSPS) is 14.6. The van der Waals surface area contributed by atoms with Crippen LogP contribution in [0, 0.1) is 18.3 Å². The predicted molar refractivity (Wildman–Crippen MR) is 106 cm³/mol. The first kappa shape index (κ1) is 18.4. The molecule has 0 N–H and O–H groups in total. The van der Waals surface area contributed by atoms with Gasteiger partial charge in [-0.25, -0.2) is 9.79 Å². The highest BCUT2D eigenvalue weighted by atomic mass is 16.6. The molecule has 2 aromatic carbocycles. The van der Waals surface area contributed by atoms with Crippen LogP contribution in [0.5, 0.6) is 0 Å². The summed E-state index contributed by atoms with van der Waals surface area (Å²) in [7, 11) is 0. The van der Waals surface area contributed by atoms with Gasteiger partial charge in [0.25, 0.3) is 0 Å². The third kappa shape index (κ3) is 4.24. The Bertz CT molecular complexity index is 940. The van der Waals surface area contributed by atoms with Gasteiger partial charge in [-0.15, -0.1) is 0 Å². The van der Waals surface area contributed by atoms with Crippen molar-refractivity contribution in [3.63, 3.8) is 0 Å². The van der Waals surface area contributed by atoms with Gasteiger partial charge < -0.3 is 9.64 Å². The molecule has 0 saturated heterocycles. The quantitative estimate of drug-likeness (QED) is 0.576. The van der Waals surface area contributed by atoms with Crippen molar-refractivity contribution < 1.29 is 9.53 Å². The van der Waals surface area contributed by atoms with Crippen LogP contribution in [0.15, 0.2) is 59.2 Å². The van der Waals surface area contributed by atoms with Gasteiger partial charge >= 0.3 is 5.97 Å². The summed E-state index contributed by atoms with van der Waals surface area (Å²) in [6.07, 6.45) is 2.24. The van der Waals surface area contributed by atoms with Gasteiger partial charge in [-0.1, -0.05) is 24.3 Å². The Morgan fingerprint density at radius 3 is 2.67 bits per heavy atom. The predicted octanol–water partition coefficient (Wildman–Crippen LogP) is 4.08. The number of cyclic esters (lactones) is 1. The summed E-state index contributed by atoms with van der Waals surface area (Å²) >= 11 is 0. The lowest BCUT2D eigenvalue weighted by Crippen LogP contribution is -2.23. The number of benzene rings is 2. The fraction of sp³-hybridized carbons (Fsp3) is 0.227. The molecule has 5 heteroatoms. The maximum absolute atomic E-state index is 12.2. The number of rotatable bonds is 6. The van der Waals surface area contributed by atoms with Crippen LogP contribution in [0.1, 0.15) is 30.0 Å². The number of hydrogen-bond donors (Lipinski definition) is 0. The molecule has 0 bridgehead atoms. The molecule has 1 aliphatic heterocycles. The lowest BCUT2D eigenvalue weighted by Gasteiger charge is -2.22. The van der Waals surface area contributed by atoms with E-state index in [9.17, 15) is 4.79 Å². The van der Waals surface area contributed by atoms with Crippen molar-refractivity contribution in [1.29, 1.82) is 5.26 Å². The lowest BCUT2D eigenvalue weighted by atomic mass is 10.1. The molecule has 0 fully saturated rings. The third-order valence-electron chi connectivity index (χ3n) is 4.43. The topological polar surface area (TPSA) is 65.7 Å². The van der Waals surface area contributed by atoms with Crippen LogP contribution >= 0.6 is 0 Å². The van der Waals surface area contributed by atoms with E-state index < -0.39 is 5.97 Å². The van der Waals surface area contributed by atoms with Crippen molar-refractivity contribution >= 4 is 23.6 Å². The minimum atomic E-state index is -0.443. The Kier molecular flexibility index (Phi) is 5.68. The van der Waals surface area contributed by atoms with Crippen molar-refractivity contribution in [1.82, 2.24) is 0 Å². The van der Waals surface area contributed by atoms with Crippen molar-refractivity contribution in [2.75, 3.05) is 18.0 Å². The molecule has 0 aromatic heterocycles. The van der Waals surface area contributed by atoms with Crippen LogP contribution in [-0.2, 0) is 9.53 Å². The number of carbonyl (C=O) groups is 1. The first-order chi connectivity index (χ1) is 13.1. The van der Waals surface area contributed by atoms with Crippen LogP contribution in [-0.4, -0.2) is 25.0 Å². The van der Waals surface area contributed by atoms with Crippen molar-refractivity contribution in [2.24, 2.45) is 4.99 Å². The Morgan fingerprint density at radius 2 is 2.00 bits per heavy atom. The maximum Gasteiger partial charge on any atom is 0.363 e. The summed E-state index contributed by atoms with van der Waals surface area (Å²) in [6, 6.07) is 17.6. The van der Waals surface area contributed by atoms with E-state index in [0.29, 0.717) is 24.6 Å². The second-order valence-electron chi connectivity index (χ2n) is 6.23. The lowest BCUT2D eigenvalue weighted by molar-refractivity contribution is -0.129. The zero-order valence-electron chi connectivity index (χ0n) is 15.5. The Hall–Kier alpha value is -3.39. The number of ether oxygens (including phenoxy) is 1. The van der Waals surface area contributed by atoms with Crippen molar-refractivity contribution in [2.45, 2.75) is 20.3 Å². The molecule has 0 spiro atoms. The molecule has 2 aromatic rings. The van der Waals surface area contributed by atoms with Gasteiger partial charge in [-0.3, -0.25) is 0 Å². The Balaban J connectivity index is 1.85. The molecule has 0 saturated carbocycles. The molecule has 1 heterocycles. The molecule has 0 unspecified atom stereocenters. The fourth-order valence-corrected chi connectivity index (χ4v) is 2.93. The van der Waals surface area contributed by atoms with Crippen molar-refractivity contribution in [3.05, 3.63) is 70.9 Å². The van der Waals surface area contributed by atoms with Gasteiger partial charge in [0, 0.05) is 24.3 Å². The number of anilines is 1. The van der Waals surface area contributed by atoms with Gasteiger partial charge in [0.2, 0.25) is 5.90 Å². The first-order valence-electron chi connectivity index (χ1n) is 8.93. The average molecular weight is 359 g/mol. The van der Waals surface area contributed by atoms with Crippen LogP contribution in [0.2, 0.25) is 0 Å². The Morgan fingerprint density at radius 1 is 1.22 bits per heavy atom. The largest absolute Gasteiger partial charge is 0.402 e. The molecule has 3 rings (SSSR count). The SMILES string of the molecule is CCN(CCC#N)c1ccc(/C=C2/N=C(c3ccccc3)OC2=O)c(C)c1. The highest BCUT2D eigenvalue weighted by molar-refractivity contribution is 6.12. The van der Waals surface area contributed by atoms with Gasteiger partial charge in [-0.2, -0.15) is 5.26 Å². The van der Waals surface area contributed by atoms with Crippen LogP contribution in [0.3, 0.4) is 0 Å². The molecular weight excluding hydrogens is 338 g/mol. The second kappa shape index (κ2) is 8.33. The molecule has 27 heavy (non-hydrogen) atoms. The van der Waals surface area contributed by atoms with E-state index in [0.717, 1.165) is 28.9 Å². The molecule has 0 radical (unpaired) electrons. The van der Waals surface area contributed by atoms with Gasteiger partial charge in [0.1, 0.15) is 0 Å². The number of nitriles is 1. The zero-order chi connectivity index (χ0) is 19.2. The average Bonchev–Trinajstić information content (AvgIpc) is 3.05. The van der Waals surface area contributed by atoms with E-state index in [1.54, 1.807) is 6.08 Å². The molecule has 0 aliphatic carbocycles. The summed E-state index contributed by atoms with van der Waals surface area (Å²) in [6.45, 7) is 5.59. The number of esters is 1. The zero-order valence-corrected chi connectivity index (χ0v) is 15.5. The van der Waals surface area contributed by atoms with Gasteiger partial charge in [0.05, 0.1) is 12.5 Å². The minimum Gasteiger partial charge on any atom is -0.402 e. The summed E-state index contributed by atoms with van der Waals surface area (Å²) in [5, 5.41) is 8.80. The standard InChI is InChI=1S/C22H21N3O2/c1-3-25(13-7-12-23)19-11-10-18(16(2)14-19)15-20-22(26)27-21(24-20)17-8-5-4-6-9-17/h4-6,8-11,14-15H,3,7,13H2,1-2H3/b20-15+. The molecule has 1 aliphatic rings. The molecule has 5 nitrogen and oxygen atoms in total. The van der Waals surface area contributed by atoms with E-state index in [-0.39, 0.29) is 0 Å². The Labute approximate surface area is 159 Å².